The number of carbonyl (C=O) groups is 1. The van der Waals surface area contributed by atoms with Gasteiger partial charge in [0.2, 0.25) is 0 Å². The molecule has 158 valence electrons. The van der Waals surface area contributed by atoms with Crippen LogP contribution in [0.1, 0.15) is 21.9 Å². The average molecular weight is 460 g/mol. The summed E-state index contributed by atoms with van der Waals surface area (Å²) in [5.74, 6) is 0.323. The van der Waals surface area contributed by atoms with Gasteiger partial charge in [-0.2, -0.15) is 5.10 Å². The van der Waals surface area contributed by atoms with Gasteiger partial charge < -0.3 is 14.5 Å². The number of hydrogen-bond acceptors (Lipinski definition) is 4. The van der Waals surface area contributed by atoms with E-state index in [9.17, 15) is 9.18 Å². The summed E-state index contributed by atoms with van der Waals surface area (Å²) >= 11 is 11.9. The Labute approximate surface area is 187 Å². The minimum absolute atomic E-state index is 0.0346. The summed E-state index contributed by atoms with van der Waals surface area (Å²) in [4.78, 5) is 12.4. The van der Waals surface area contributed by atoms with Gasteiger partial charge in [0.15, 0.2) is 11.6 Å². The quantitative estimate of drug-likeness (QED) is 0.379. The second-order valence-electron chi connectivity index (χ2n) is 6.61. The van der Waals surface area contributed by atoms with Crippen LogP contribution in [0.3, 0.4) is 0 Å². The SMILES string of the molecule is O=C(Nc1ccn(Cc2cccc(Cl)c2)n1)c1ccc(COc2ccc(F)cc2Cl)o1. The van der Waals surface area contributed by atoms with Crippen molar-refractivity contribution in [2.75, 3.05) is 5.32 Å². The molecule has 0 spiro atoms. The van der Waals surface area contributed by atoms with Gasteiger partial charge >= 0.3 is 0 Å². The van der Waals surface area contributed by atoms with E-state index in [1.807, 2.05) is 18.2 Å². The van der Waals surface area contributed by atoms with Crippen molar-refractivity contribution in [2.45, 2.75) is 13.2 Å². The molecule has 0 radical (unpaired) electrons. The highest BCUT2D eigenvalue weighted by Crippen LogP contribution is 2.26. The van der Waals surface area contributed by atoms with Crippen LogP contribution in [0.25, 0.3) is 0 Å². The smallest absolute Gasteiger partial charge is 0.292 e. The van der Waals surface area contributed by atoms with Crippen molar-refractivity contribution in [1.82, 2.24) is 9.78 Å². The summed E-state index contributed by atoms with van der Waals surface area (Å²) in [6, 6.07) is 16.1. The van der Waals surface area contributed by atoms with Crippen molar-refractivity contribution in [3.63, 3.8) is 0 Å². The minimum atomic E-state index is -0.454. The number of rotatable bonds is 7. The van der Waals surface area contributed by atoms with E-state index in [4.69, 9.17) is 32.4 Å². The van der Waals surface area contributed by atoms with Gasteiger partial charge in [0.25, 0.3) is 5.91 Å². The summed E-state index contributed by atoms with van der Waals surface area (Å²) in [5, 5.41) is 7.82. The van der Waals surface area contributed by atoms with Crippen LogP contribution in [0, 0.1) is 5.82 Å². The highest BCUT2D eigenvalue weighted by Gasteiger charge is 2.14. The van der Waals surface area contributed by atoms with E-state index in [2.05, 4.69) is 10.4 Å². The molecule has 2 aromatic heterocycles. The second-order valence-corrected chi connectivity index (χ2v) is 7.46. The Bertz CT molecular complexity index is 1220. The summed E-state index contributed by atoms with van der Waals surface area (Å²) in [6.45, 7) is 0.553. The molecule has 0 aliphatic heterocycles. The summed E-state index contributed by atoms with van der Waals surface area (Å²) < 4.78 is 25.8. The average Bonchev–Trinajstić information content (AvgIpc) is 3.37. The molecule has 6 nitrogen and oxygen atoms in total. The van der Waals surface area contributed by atoms with E-state index in [1.165, 1.54) is 18.2 Å². The number of nitrogens with one attached hydrogen (secondary N) is 1. The van der Waals surface area contributed by atoms with E-state index in [-0.39, 0.29) is 17.4 Å². The fourth-order valence-corrected chi connectivity index (χ4v) is 3.27. The molecule has 2 aromatic carbocycles. The van der Waals surface area contributed by atoms with Crippen LogP contribution in [-0.2, 0) is 13.2 Å². The highest BCUT2D eigenvalue weighted by molar-refractivity contribution is 6.32. The Hall–Kier alpha value is -3.29. The van der Waals surface area contributed by atoms with Gasteiger partial charge in [-0.25, -0.2) is 4.39 Å². The van der Waals surface area contributed by atoms with Gasteiger partial charge in [-0.15, -0.1) is 0 Å². The summed E-state index contributed by atoms with van der Waals surface area (Å²) in [7, 11) is 0. The molecule has 0 atom stereocenters. The molecule has 0 saturated carbocycles. The lowest BCUT2D eigenvalue weighted by Crippen LogP contribution is -2.12. The van der Waals surface area contributed by atoms with Crippen molar-refractivity contribution in [1.29, 1.82) is 0 Å². The Morgan fingerprint density at radius 3 is 2.81 bits per heavy atom. The second kappa shape index (κ2) is 9.24. The topological polar surface area (TPSA) is 69.3 Å². The number of halogens is 3. The van der Waals surface area contributed by atoms with Gasteiger partial charge in [-0.3, -0.25) is 9.48 Å². The first-order valence-corrected chi connectivity index (χ1v) is 9.98. The number of amides is 1. The Balaban J connectivity index is 1.34. The van der Waals surface area contributed by atoms with E-state index in [0.717, 1.165) is 11.6 Å². The zero-order valence-corrected chi connectivity index (χ0v) is 17.5. The van der Waals surface area contributed by atoms with Crippen LogP contribution in [0.4, 0.5) is 10.2 Å². The number of nitrogens with zero attached hydrogens (tertiary/aromatic N) is 2. The van der Waals surface area contributed by atoms with Crippen LogP contribution >= 0.6 is 23.2 Å². The normalized spacial score (nSPS) is 10.8. The molecular formula is C22H16Cl2FN3O3. The number of aromatic nitrogens is 2. The van der Waals surface area contributed by atoms with Crippen molar-refractivity contribution in [3.8, 4) is 5.75 Å². The number of hydrogen-bond donors (Lipinski definition) is 1. The van der Waals surface area contributed by atoms with Crippen LogP contribution < -0.4 is 10.1 Å². The van der Waals surface area contributed by atoms with E-state index < -0.39 is 11.7 Å². The maximum atomic E-state index is 13.1. The largest absolute Gasteiger partial charge is 0.484 e. The molecule has 1 N–H and O–H groups in total. The molecule has 0 bridgehead atoms. The zero-order valence-electron chi connectivity index (χ0n) is 16.0. The molecule has 0 unspecified atom stereocenters. The zero-order chi connectivity index (χ0) is 21.8. The van der Waals surface area contributed by atoms with Gasteiger partial charge in [0, 0.05) is 17.3 Å². The first-order chi connectivity index (χ1) is 15.0. The van der Waals surface area contributed by atoms with Crippen molar-refractivity contribution < 1.29 is 18.3 Å². The van der Waals surface area contributed by atoms with Crippen LogP contribution in [0.15, 0.2) is 71.3 Å². The van der Waals surface area contributed by atoms with Crippen LogP contribution in [0.5, 0.6) is 5.75 Å². The van der Waals surface area contributed by atoms with Crippen molar-refractivity contribution in [2.24, 2.45) is 0 Å². The first-order valence-electron chi connectivity index (χ1n) is 9.22. The van der Waals surface area contributed by atoms with Crippen LogP contribution in [0.2, 0.25) is 10.0 Å². The van der Waals surface area contributed by atoms with E-state index >= 15 is 0 Å². The number of ether oxygens (including phenoxy) is 1. The third kappa shape index (κ3) is 5.45. The van der Waals surface area contributed by atoms with Gasteiger partial charge in [-0.05, 0) is 48.0 Å². The van der Waals surface area contributed by atoms with Gasteiger partial charge in [0.05, 0.1) is 11.6 Å². The maximum absolute atomic E-state index is 13.1. The van der Waals surface area contributed by atoms with Crippen molar-refractivity contribution >= 4 is 34.9 Å². The minimum Gasteiger partial charge on any atom is -0.484 e. The lowest BCUT2D eigenvalue weighted by Gasteiger charge is -2.06. The number of furan rings is 1. The highest BCUT2D eigenvalue weighted by atomic mass is 35.5. The fourth-order valence-electron chi connectivity index (χ4n) is 2.84. The summed E-state index contributed by atoms with van der Waals surface area (Å²) in [5.41, 5.74) is 0.991. The Morgan fingerprint density at radius 2 is 2.00 bits per heavy atom. The van der Waals surface area contributed by atoms with Crippen LogP contribution in [-0.4, -0.2) is 15.7 Å². The predicted octanol–water partition coefficient (Wildman–Crippen LogP) is 5.80. The maximum Gasteiger partial charge on any atom is 0.292 e. The third-order valence-corrected chi connectivity index (χ3v) is 4.80. The molecule has 0 aliphatic rings. The lowest BCUT2D eigenvalue weighted by atomic mass is 10.2. The fraction of sp³-hybridized carbons (Fsp3) is 0.0909. The Morgan fingerprint density at radius 1 is 1.13 bits per heavy atom. The molecule has 4 rings (SSSR count). The number of benzene rings is 2. The summed E-state index contributed by atoms with van der Waals surface area (Å²) in [6.07, 6.45) is 1.75. The first kappa shape index (κ1) is 21.0. The lowest BCUT2D eigenvalue weighted by molar-refractivity contribution is 0.0992. The van der Waals surface area contributed by atoms with Crippen molar-refractivity contribution in [3.05, 3.63) is 99.8 Å². The molecule has 1 amide bonds. The number of carbonyl (C=O) groups excluding carboxylic acids is 1. The predicted molar refractivity (Wildman–Crippen MR) is 115 cm³/mol. The molecule has 9 heteroatoms. The van der Waals surface area contributed by atoms with Gasteiger partial charge in [-0.1, -0.05) is 35.3 Å². The molecule has 2 heterocycles. The molecule has 31 heavy (non-hydrogen) atoms. The standard InChI is InChI=1S/C22H16Cl2FN3O3/c23-15-3-1-2-14(10-15)12-28-9-8-21(27-28)26-22(29)20-7-5-17(31-20)13-30-19-6-4-16(25)11-18(19)24/h1-11H,12-13H2,(H,26,27,29). The van der Waals surface area contributed by atoms with E-state index in [0.29, 0.717) is 28.9 Å². The molecular weight excluding hydrogens is 444 g/mol. The van der Waals surface area contributed by atoms with E-state index in [1.54, 1.807) is 29.1 Å². The van der Waals surface area contributed by atoms with Gasteiger partial charge in [0.1, 0.15) is 23.9 Å². The molecule has 4 aromatic rings. The molecule has 0 saturated heterocycles. The molecule has 0 aliphatic carbocycles. The molecule has 0 fully saturated rings. The Kier molecular flexibility index (Phi) is 6.25. The monoisotopic (exact) mass is 459 g/mol. The number of anilines is 1. The third-order valence-electron chi connectivity index (χ3n) is 4.27.